The molecule has 1 aromatic heterocycles. The van der Waals surface area contributed by atoms with Crippen molar-refractivity contribution in [3.05, 3.63) is 45.6 Å². The predicted octanol–water partition coefficient (Wildman–Crippen LogP) is 4.94. The number of anilines is 1. The molecule has 1 fully saturated rings. The summed E-state index contributed by atoms with van der Waals surface area (Å²) >= 11 is 7.61. The molecule has 0 saturated carbocycles. The van der Waals surface area contributed by atoms with E-state index in [0.717, 1.165) is 24.1 Å². The number of likely N-dealkylation sites (tertiary alicyclic amines) is 1. The van der Waals surface area contributed by atoms with Gasteiger partial charge in [0.1, 0.15) is 17.6 Å². The number of Topliss-reactive ketones (excluding diaryl/α,β-unsaturated/α-hetero) is 1. The van der Waals surface area contributed by atoms with Gasteiger partial charge in [-0.25, -0.2) is 0 Å². The van der Waals surface area contributed by atoms with Crippen LogP contribution < -0.4 is 10.1 Å². The van der Waals surface area contributed by atoms with Gasteiger partial charge in [-0.3, -0.25) is 9.59 Å². The Morgan fingerprint density at radius 3 is 2.80 bits per heavy atom. The molecule has 1 aliphatic rings. The number of piperidine rings is 1. The zero-order valence-electron chi connectivity index (χ0n) is 17.1. The van der Waals surface area contributed by atoms with Gasteiger partial charge in [-0.1, -0.05) is 17.7 Å². The standard InChI is InChI=1S/C22H26ClN3O3S/c1-14(27)12-17(24)21(25-15-6-5-7-16(13-15)29-2)22(28)26-11-4-3-8-18(26)19-9-10-20(23)30-19/h5-7,9-10,13,18,21,24-25H,3-4,8,11-12H2,1-2H3. The first-order valence-corrected chi connectivity index (χ1v) is 11.1. The van der Waals surface area contributed by atoms with Gasteiger partial charge in [0.15, 0.2) is 0 Å². The number of ether oxygens (including phenoxy) is 1. The highest BCUT2D eigenvalue weighted by molar-refractivity contribution is 7.16. The van der Waals surface area contributed by atoms with Crippen LogP contribution in [0.15, 0.2) is 36.4 Å². The lowest BCUT2D eigenvalue weighted by Gasteiger charge is -2.38. The number of halogens is 1. The molecule has 1 aliphatic heterocycles. The van der Waals surface area contributed by atoms with Crippen molar-refractivity contribution in [3.8, 4) is 5.75 Å². The zero-order valence-corrected chi connectivity index (χ0v) is 18.7. The Kier molecular flexibility index (Phi) is 7.50. The highest BCUT2D eigenvalue weighted by atomic mass is 35.5. The number of hydrogen-bond donors (Lipinski definition) is 2. The molecule has 1 saturated heterocycles. The van der Waals surface area contributed by atoms with Gasteiger partial charge in [0.25, 0.3) is 5.91 Å². The fraction of sp³-hybridized carbons (Fsp3) is 0.409. The van der Waals surface area contributed by atoms with Crippen LogP contribution >= 0.6 is 22.9 Å². The van der Waals surface area contributed by atoms with Crippen molar-refractivity contribution in [3.63, 3.8) is 0 Å². The van der Waals surface area contributed by atoms with Crippen LogP contribution in [0.2, 0.25) is 4.34 Å². The van der Waals surface area contributed by atoms with Gasteiger partial charge in [0.2, 0.25) is 0 Å². The van der Waals surface area contributed by atoms with E-state index >= 15 is 0 Å². The third kappa shape index (κ3) is 5.40. The average molecular weight is 448 g/mol. The second-order valence-electron chi connectivity index (χ2n) is 7.40. The Morgan fingerprint density at radius 1 is 1.33 bits per heavy atom. The van der Waals surface area contributed by atoms with Gasteiger partial charge in [-0.05, 0) is 50.5 Å². The lowest BCUT2D eigenvalue weighted by molar-refractivity contribution is -0.134. The van der Waals surface area contributed by atoms with Crippen molar-refractivity contribution in [2.45, 2.75) is 44.7 Å². The van der Waals surface area contributed by atoms with E-state index in [1.165, 1.54) is 18.3 Å². The first-order chi connectivity index (χ1) is 14.4. The second-order valence-corrected chi connectivity index (χ2v) is 9.15. The van der Waals surface area contributed by atoms with Gasteiger partial charge < -0.3 is 20.4 Å². The second kappa shape index (κ2) is 10.1. The third-order valence-corrected chi connectivity index (χ3v) is 6.46. The summed E-state index contributed by atoms with van der Waals surface area (Å²) < 4.78 is 5.95. The summed E-state index contributed by atoms with van der Waals surface area (Å²) in [7, 11) is 1.57. The normalized spacial score (nSPS) is 17.3. The number of benzene rings is 1. The number of methoxy groups -OCH3 is 1. The number of ketones is 1. The van der Waals surface area contributed by atoms with E-state index in [-0.39, 0.29) is 29.9 Å². The number of nitrogens with zero attached hydrogens (tertiary/aromatic N) is 1. The van der Waals surface area contributed by atoms with Gasteiger partial charge in [0, 0.05) is 35.3 Å². The SMILES string of the molecule is COc1cccc(NC(C(=N)CC(C)=O)C(=O)N2CCCCC2c2ccc(Cl)s2)c1. The fourth-order valence-electron chi connectivity index (χ4n) is 3.71. The van der Waals surface area contributed by atoms with Crippen molar-refractivity contribution in [2.24, 2.45) is 0 Å². The minimum Gasteiger partial charge on any atom is -0.497 e. The minimum atomic E-state index is -0.919. The summed E-state index contributed by atoms with van der Waals surface area (Å²) in [4.78, 5) is 28.2. The van der Waals surface area contributed by atoms with E-state index < -0.39 is 6.04 Å². The molecule has 0 spiro atoms. The van der Waals surface area contributed by atoms with E-state index in [4.69, 9.17) is 21.7 Å². The smallest absolute Gasteiger partial charge is 0.251 e. The van der Waals surface area contributed by atoms with E-state index in [1.54, 1.807) is 13.2 Å². The van der Waals surface area contributed by atoms with Gasteiger partial charge >= 0.3 is 0 Å². The van der Waals surface area contributed by atoms with Crippen LogP contribution in [0.25, 0.3) is 0 Å². The molecule has 0 radical (unpaired) electrons. The molecule has 0 aliphatic carbocycles. The van der Waals surface area contributed by atoms with Crippen LogP contribution in [-0.2, 0) is 9.59 Å². The molecule has 2 aromatic rings. The van der Waals surface area contributed by atoms with Crippen molar-refractivity contribution in [1.29, 1.82) is 5.41 Å². The van der Waals surface area contributed by atoms with Crippen LogP contribution in [0.5, 0.6) is 5.75 Å². The molecule has 1 aromatic carbocycles. The highest BCUT2D eigenvalue weighted by Crippen LogP contribution is 2.37. The Hall–Kier alpha value is -2.38. The molecular weight excluding hydrogens is 422 g/mol. The molecule has 160 valence electrons. The van der Waals surface area contributed by atoms with Crippen LogP contribution in [0.1, 0.15) is 43.5 Å². The van der Waals surface area contributed by atoms with Crippen molar-refractivity contribution < 1.29 is 14.3 Å². The summed E-state index contributed by atoms with van der Waals surface area (Å²) in [6, 6.07) is 10.0. The highest BCUT2D eigenvalue weighted by Gasteiger charge is 2.35. The first-order valence-electron chi connectivity index (χ1n) is 9.92. The number of carbonyl (C=O) groups excluding carboxylic acids is 2. The first kappa shape index (κ1) is 22.3. The van der Waals surface area contributed by atoms with Crippen LogP contribution in [0, 0.1) is 5.41 Å². The minimum absolute atomic E-state index is 0.0591. The van der Waals surface area contributed by atoms with Crippen molar-refractivity contribution >= 4 is 46.0 Å². The molecule has 0 bridgehead atoms. The number of carbonyl (C=O) groups is 2. The van der Waals surface area contributed by atoms with E-state index in [2.05, 4.69) is 5.32 Å². The number of nitrogens with one attached hydrogen (secondary N) is 2. The topological polar surface area (TPSA) is 82.5 Å². The van der Waals surface area contributed by atoms with Crippen LogP contribution in [-0.4, -0.2) is 42.0 Å². The molecule has 6 nitrogen and oxygen atoms in total. The summed E-state index contributed by atoms with van der Waals surface area (Å²) in [6.45, 7) is 2.04. The Bertz CT molecular complexity index is 930. The van der Waals surface area contributed by atoms with Gasteiger partial charge in [0.05, 0.1) is 17.5 Å². The maximum Gasteiger partial charge on any atom is 0.251 e. The zero-order chi connectivity index (χ0) is 21.7. The number of hydrogen-bond acceptors (Lipinski definition) is 6. The Morgan fingerprint density at radius 2 is 2.13 bits per heavy atom. The largest absolute Gasteiger partial charge is 0.497 e. The predicted molar refractivity (Wildman–Crippen MR) is 121 cm³/mol. The monoisotopic (exact) mass is 447 g/mol. The van der Waals surface area contributed by atoms with E-state index in [9.17, 15) is 9.59 Å². The Balaban J connectivity index is 1.89. The van der Waals surface area contributed by atoms with Crippen molar-refractivity contribution in [2.75, 3.05) is 19.0 Å². The molecule has 2 atom stereocenters. The quantitative estimate of drug-likeness (QED) is 0.561. The molecule has 2 heterocycles. The summed E-state index contributed by atoms with van der Waals surface area (Å²) in [6.07, 6.45) is 2.72. The summed E-state index contributed by atoms with van der Waals surface area (Å²) in [5.74, 6) is 0.303. The molecule has 30 heavy (non-hydrogen) atoms. The molecule has 3 rings (SSSR count). The lowest BCUT2D eigenvalue weighted by atomic mass is 9.97. The fourth-order valence-corrected chi connectivity index (χ4v) is 4.92. The summed E-state index contributed by atoms with van der Waals surface area (Å²) in [5, 5.41) is 11.6. The van der Waals surface area contributed by atoms with E-state index in [1.807, 2.05) is 35.2 Å². The van der Waals surface area contributed by atoms with Gasteiger partial charge in [-0.15, -0.1) is 11.3 Å². The average Bonchev–Trinajstić information content (AvgIpc) is 3.17. The molecule has 2 unspecified atom stereocenters. The van der Waals surface area contributed by atoms with Crippen molar-refractivity contribution in [1.82, 2.24) is 4.90 Å². The van der Waals surface area contributed by atoms with Crippen LogP contribution in [0.3, 0.4) is 0 Å². The molecule has 1 amide bonds. The molecule has 2 N–H and O–H groups in total. The Labute approximate surface area is 185 Å². The number of rotatable bonds is 8. The third-order valence-electron chi connectivity index (χ3n) is 5.12. The van der Waals surface area contributed by atoms with Crippen LogP contribution in [0.4, 0.5) is 5.69 Å². The van der Waals surface area contributed by atoms with E-state index in [0.29, 0.717) is 22.3 Å². The summed E-state index contributed by atoms with van der Waals surface area (Å²) in [5.41, 5.74) is 0.720. The maximum absolute atomic E-state index is 13.6. The lowest BCUT2D eigenvalue weighted by Crippen LogP contribution is -2.50. The molecule has 8 heteroatoms. The number of amides is 1. The number of thiophene rings is 1. The van der Waals surface area contributed by atoms with Gasteiger partial charge in [-0.2, -0.15) is 0 Å². The molecular formula is C22H26ClN3O3S. The maximum atomic E-state index is 13.6.